The quantitative estimate of drug-likeness (QED) is 0.760. The predicted molar refractivity (Wildman–Crippen MR) is 64.3 cm³/mol. The first-order valence-electron chi connectivity index (χ1n) is 5.64. The summed E-state index contributed by atoms with van der Waals surface area (Å²) in [6, 6.07) is 1.77. The number of hydrogen-bond acceptors (Lipinski definition) is 4. The van der Waals surface area contributed by atoms with Gasteiger partial charge in [0.1, 0.15) is 0 Å². The molecule has 1 aromatic heterocycles. The molecule has 1 unspecified atom stereocenters. The summed E-state index contributed by atoms with van der Waals surface area (Å²) < 4.78 is 5.35. The molecule has 16 heavy (non-hydrogen) atoms. The van der Waals surface area contributed by atoms with E-state index >= 15 is 0 Å². The number of alkyl halides is 1. The van der Waals surface area contributed by atoms with Crippen LogP contribution in [-0.2, 0) is 0 Å². The third kappa shape index (κ3) is 2.76. The molecule has 4 nitrogen and oxygen atoms in total. The number of nitrogens with zero attached hydrogens (tertiary/aromatic N) is 3. The Morgan fingerprint density at radius 2 is 2.50 bits per heavy atom. The van der Waals surface area contributed by atoms with Crippen LogP contribution in [0.15, 0.2) is 12.3 Å². The number of piperidine rings is 1. The second kappa shape index (κ2) is 5.34. The standard InChI is InChI=1S/C11H16ClN3O/c1-2-16-10-5-6-13-11(14-10)15-7-3-4-9(12)8-15/h5-6,9H,2-4,7-8H2,1H3. The molecule has 1 aliphatic heterocycles. The van der Waals surface area contributed by atoms with Crippen molar-refractivity contribution in [3.8, 4) is 5.88 Å². The minimum absolute atomic E-state index is 0.202. The molecule has 2 heterocycles. The van der Waals surface area contributed by atoms with Crippen LogP contribution < -0.4 is 9.64 Å². The summed E-state index contributed by atoms with van der Waals surface area (Å²) in [4.78, 5) is 10.7. The van der Waals surface area contributed by atoms with E-state index in [0.29, 0.717) is 12.5 Å². The fourth-order valence-corrected chi connectivity index (χ4v) is 2.14. The molecule has 1 atom stereocenters. The molecular weight excluding hydrogens is 226 g/mol. The summed E-state index contributed by atoms with van der Waals surface area (Å²) in [7, 11) is 0. The van der Waals surface area contributed by atoms with Gasteiger partial charge in [-0.3, -0.25) is 0 Å². The average molecular weight is 242 g/mol. The Hall–Kier alpha value is -1.03. The molecule has 0 aromatic carbocycles. The Labute approximate surface area is 101 Å². The maximum absolute atomic E-state index is 6.13. The smallest absolute Gasteiger partial charge is 0.228 e. The van der Waals surface area contributed by atoms with Crippen molar-refractivity contribution in [3.63, 3.8) is 0 Å². The summed E-state index contributed by atoms with van der Waals surface area (Å²) in [5, 5.41) is 0.202. The minimum Gasteiger partial charge on any atom is -0.478 e. The van der Waals surface area contributed by atoms with E-state index in [0.717, 1.165) is 31.9 Å². The van der Waals surface area contributed by atoms with Gasteiger partial charge in [0.05, 0.1) is 12.0 Å². The third-order valence-electron chi connectivity index (χ3n) is 2.56. The molecule has 0 amide bonds. The van der Waals surface area contributed by atoms with Crippen molar-refractivity contribution < 1.29 is 4.74 Å². The minimum atomic E-state index is 0.202. The SMILES string of the molecule is CCOc1ccnc(N2CCCC(Cl)C2)n1. The lowest BCUT2D eigenvalue weighted by atomic mass is 10.1. The Balaban J connectivity index is 2.09. The summed E-state index contributed by atoms with van der Waals surface area (Å²) in [5.74, 6) is 1.35. The highest BCUT2D eigenvalue weighted by molar-refractivity contribution is 6.21. The van der Waals surface area contributed by atoms with Crippen molar-refractivity contribution in [3.05, 3.63) is 12.3 Å². The molecule has 0 bridgehead atoms. The Kier molecular flexibility index (Phi) is 3.83. The molecule has 1 aliphatic rings. The zero-order chi connectivity index (χ0) is 11.4. The molecule has 0 spiro atoms. The largest absolute Gasteiger partial charge is 0.478 e. The topological polar surface area (TPSA) is 38.2 Å². The van der Waals surface area contributed by atoms with Crippen LogP contribution in [0.4, 0.5) is 5.95 Å². The number of anilines is 1. The molecule has 1 saturated heterocycles. The summed E-state index contributed by atoms with van der Waals surface area (Å²) in [6.07, 6.45) is 3.89. The number of halogens is 1. The van der Waals surface area contributed by atoms with E-state index in [9.17, 15) is 0 Å². The van der Waals surface area contributed by atoms with E-state index in [4.69, 9.17) is 16.3 Å². The zero-order valence-corrected chi connectivity index (χ0v) is 10.2. The lowest BCUT2D eigenvalue weighted by Gasteiger charge is -2.29. The average Bonchev–Trinajstić information content (AvgIpc) is 2.30. The van der Waals surface area contributed by atoms with E-state index in [1.54, 1.807) is 12.3 Å². The van der Waals surface area contributed by atoms with Crippen LogP contribution in [0.5, 0.6) is 5.88 Å². The molecule has 1 fully saturated rings. The van der Waals surface area contributed by atoms with E-state index in [1.165, 1.54) is 0 Å². The normalized spacial score (nSPS) is 20.9. The number of aromatic nitrogens is 2. The monoisotopic (exact) mass is 241 g/mol. The molecule has 0 saturated carbocycles. The Morgan fingerprint density at radius 1 is 1.62 bits per heavy atom. The molecule has 0 radical (unpaired) electrons. The first kappa shape index (κ1) is 11.5. The molecule has 0 N–H and O–H groups in total. The van der Waals surface area contributed by atoms with Crippen molar-refractivity contribution >= 4 is 17.5 Å². The highest BCUT2D eigenvalue weighted by atomic mass is 35.5. The van der Waals surface area contributed by atoms with E-state index < -0.39 is 0 Å². The fourth-order valence-electron chi connectivity index (χ4n) is 1.82. The van der Waals surface area contributed by atoms with Gasteiger partial charge in [-0.2, -0.15) is 4.98 Å². The van der Waals surface area contributed by atoms with Crippen LogP contribution in [0.2, 0.25) is 0 Å². The molecule has 0 aliphatic carbocycles. The van der Waals surface area contributed by atoms with Crippen molar-refractivity contribution in [1.29, 1.82) is 0 Å². The molecule has 5 heteroatoms. The maximum atomic E-state index is 6.13. The highest BCUT2D eigenvalue weighted by Crippen LogP contribution is 2.20. The Morgan fingerprint density at radius 3 is 3.25 bits per heavy atom. The van der Waals surface area contributed by atoms with Crippen LogP contribution in [0.25, 0.3) is 0 Å². The molecule has 2 rings (SSSR count). The van der Waals surface area contributed by atoms with Gasteiger partial charge in [0.25, 0.3) is 0 Å². The number of hydrogen-bond donors (Lipinski definition) is 0. The van der Waals surface area contributed by atoms with Crippen LogP contribution in [0, 0.1) is 0 Å². The second-order valence-corrected chi connectivity index (χ2v) is 4.43. The molecule has 1 aromatic rings. The van der Waals surface area contributed by atoms with Crippen molar-refractivity contribution in [2.75, 3.05) is 24.6 Å². The summed E-state index contributed by atoms with van der Waals surface area (Å²) >= 11 is 6.13. The first-order chi connectivity index (χ1) is 7.79. The van der Waals surface area contributed by atoms with Crippen LogP contribution in [0.1, 0.15) is 19.8 Å². The molecular formula is C11H16ClN3O. The Bertz CT molecular complexity index is 348. The lowest BCUT2D eigenvalue weighted by molar-refractivity contribution is 0.326. The van der Waals surface area contributed by atoms with Gasteiger partial charge < -0.3 is 9.64 Å². The van der Waals surface area contributed by atoms with Crippen molar-refractivity contribution in [2.24, 2.45) is 0 Å². The molecule has 88 valence electrons. The summed E-state index contributed by atoms with van der Waals surface area (Å²) in [5.41, 5.74) is 0. The van der Waals surface area contributed by atoms with E-state index in [1.807, 2.05) is 6.92 Å². The number of ether oxygens (including phenoxy) is 1. The first-order valence-corrected chi connectivity index (χ1v) is 6.08. The van der Waals surface area contributed by atoms with Gasteiger partial charge in [-0.25, -0.2) is 4.98 Å². The lowest BCUT2D eigenvalue weighted by Crippen LogP contribution is -2.37. The highest BCUT2D eigenvalue weighted by Gasteiger charge is 2.20. The zero-order valence-electron chi connectivity index (χ0n) is 9.40. The van der Waals surface area contributed by atoms with Gasteiger partial charge in [-0.15, -0.1) is 11.6 Å². The fraction of sp³-hybridized carbons (Fsp3) is 0.636. The predicted octanol–water partition coefficient (Wildman–Crippen LogP) is 2.08. The van der Waals surface area contributed by atoms with Crippen LogP contribution in [0.3, 0.4) is 0 Å². The maximum Gasteiger partial charge on any atom is 0.228 e. The van der Waals surface area contributed by atoms with Crippen molar-refractivity contribution in [2.45, 2.75) is 25.1 Å². The van der Waals surface area contributed by atoms with Gasteiger partial charge in [0.15, 0.2) is 0 Å². The van der Waals surface area contributed by atoms with Crippen LogP contribution >= 0.6 is 11.6 Å². The van der Waals surface area contributed by atoms with Gasteiger partial charge in [0.2, 0.25) is 11.8 Å². The van der Waals surface area contributed by atoms with E-state index in [-0.39, 0.29) is 5.38 Å². The van der Waals surface area contributed by atoms with E-state index in [2.05, 4.69) is 14.9 Å². The third-order valence-corrected chi connectivity index (χ3v) is 2.91. The van der Waals surface area contributed by atoms with Gasteiger partial charge in [-0.05, 0) is 19.8 Å². The van der Waals surface area contributed by atoms with Gasteiger partial charge >= 0.3 is 0 Å². The van der Waals surface area contributed by atoms with Gasteiger partial charge in [-0.1, -0.05) is 0 Å². The van der Waals surface area contributed by atoms with Crippen LogP contribution in [-0.4, -0.2) is 35.0 Å². The summed E-state index contributed by atoms with van der Waals surface area (Å²) in [6.45, 7) is 4.35. The second-order valence-electron chi connectivity index (χ2n) is 3.81. The van der Waals surface area contributed by atoms with Crippen molar-refractivity contribution in [1.82, 2.24) is 9.97 Å². The number of rotatable bonds is 3. The van der Waals surface area contributed by atoms with Gasteiger partial charge in [0, 0.05) is 25.4 Å².